The maximum absolute atomic E-state index is 5.89. The fourth-order valence-corrected chi connectivity index (χ4v) is 8.46. The molecule has 1 atom stereocenters. The van der Waals surface area contributed by atoms with Crippen LogP contribution in [-0.4, -0.2) is 25.7 Å². The number of benzene rings is 3. The van der Waals surface area contributed by atoms with Crippen LogP contribution in [0.1, 0.15) is 32.1 Å². The van der Waals surface area contributed by atoms with Gasteiger partial charge < -0.3 is 9.47 Å². The second-order valence-electron chi connectivity index (χ2n) is 8.28. The van der Waals surface area contributed by atoms with Crippen molar-refractivity contribution in [1.29, 1.82) is 0 Å². The highest BCUT2D eigenvalue weighted by molar-refractivity contribution is 7.95. The SMILES string of the molecule is C(=CC[P+](c1ccccc1)(c1ccccc1)c1ccccc1)CCCOC1CCCCO1. The summed E-state index contributed by atoms with van der Waals surface area (Å²) < 4.78 is 11.6. The van der Waals surface area contributed by atoms with Crippen LogP contribution in [0.5, 0.6) is 0 Å². The van der Waals surface area contributed by atoms with E-state index in [4.69, 9.17) is 9.47 Å². The summed E-state index contributed by atoms with van der Waals surface area (Å²) in [4.78, 5) is 0. The molecule has 0 aromatic heterocycles. The zero-order valence-corrected chi connectivity index (χ0v) is 19.7. The highest BCUT2D eigenvalue weighted by Crippen LogP contribution is 2.55. The molecule has 0 bridgehead atoms. The van der Waals surface area contributed by atoms with Gasteiger partial charge in [-0.3, -0.25) is 0 Å². The zero-order valence-electron chi connectivity index (χ0n) is 18.8. The van der Waals surface area contributed by atoms with Gasteiger partial charge in [0.25, 0.3) is 0 Å². The van der Waals surface area contributed by atoms with Crippen LogP contribution >= 0.6 is 7.26 Å². The average Bonchev–Trinajstić information content (AvgIpc) is 2.88. The van der Waals surface area contributed by atoms with Crippen molar-refractivity contribution in [3.63, 3.8) is 0 Å². The minimum Gasteiger partial charge on any atom is -0.353 e. The lowest BCUT2D eigenvalue weighted by atomic mass is 10.2. The number of hydrogen-bond donors (Lipinski definition) is 0. The summed E-state index contributed by atoms with van der Waals surface area (Å²) in [6, 6.07) is 33.2. The third-order valence-corrected chi connectivity index (χ3v) is 10.4. The molecule has 1 aliphatic heterocycles. The van der Waals surface area contributed by atoms with Gasteiger partial charge in [0.15, 0.2) is 6.29 Å². The molecule has 32 heavy (non-hydrogen) atoms. The van der Waals surface area contributed by atoms with Crippen molar-refractivity contribution in [2.75, 3.05) is 19.4 Å². The van der Waals surface area contributed by atoms with Crippen LogP contribution in [0.15, 0.2) is 103 Å². The fourth-order valence-electron chi connectivity index (χ4n) is 4.42. The maximum atomic E-state index is 5.89. The smallest absolute Gasteiger partial charge is 0.157 e. The predicted molar refractivity (Wildman–Crippen MR) is 138 cm³/mol. The van der Waals surface area contributed by atoms with Crippen molar-refractivity contribution in [2.45, 2.75) is 38.4 Å². The average molecular weight is 446 g/mol. The van der Waals surface area contributed by atoms with Crippen LogP contribution in [-0.2, 0) is 9.47 Å². The topological polar surface area (TPSA) is 18.5 Å². The molecule has 2 nitrogen and oxygen atoms in total. The first-order valence-electron chi connectivity index (χ1n) is 11.8. The lowest BCUT2D eigenvalue weighted by molar-refractivity contribution is -0.162. The van der Waals surface area contributed by atoms with E-state index >= 15 is 0 Å². The van der Waals surface area contributed by atoms with Crippen LogP contribution in [0.4, 0.5) is 0 Å². The molecule has 0 N–H and O–H groups in total. The van der Waals surface area contributed by atoms with E-state index in [2.05, 4.69) is 103 Å². The van der Waals surface area contributed by atoms with Crippen molar-refractivity contribution < 1.29 is 9.47 Å². The van der Waals surface area contributed by atoms with E-state index in [9.17, 15) is 0 Å². The number of ether oxygens (including phenoxy) is 2. The van der Waals surface area contributed by atoms with E-state index < -0.39 is 7.26 Å². The minimum atomic E-state index is -1.77. The van der Waals surface area contributed by atoms with Gasteiger partial charge in [0.2, 0.25) is 0 Å². The molecule has 0 aliphatic carbocycles. The Bertz CT molecular complexity index is 838. The summed E-state index contributed by atoms with van der Waals surface area (Å²) in [5.74, 6) is 0. The summed E-state index contributed by atoms with van der Waals surface area (Å²) in [7, 11) is -1.77. The highest BCUT2D eigenvalue weighted by Gasteiger charge is 2.43. The Morgan fingerprint density at radius 3 is 1.81 bits per heavy atom. The Labute approximate surface area is 193 Å². The van der Waals surface area contributed by atoms with Crippen LogP contribution in [0.2, 0.25) is 0 Å². The van der Waals surface area contributed by atoms with Gasteiger partial charge in [-0.1, -0.05) is 66.7 Å². The summed E-state index contributed by atoms with van der Waals surface area (Å²) in [5.41, 5.74) is 0. The Hall–Kier alpha value is -2.25. The Morgan fingerprint density at radius 1 is 0.750 bits per heavy atom. The van der Waals surface area contributed by atoms with Gasteiger partial charge in [0, 0.05) is 6.61 Å². The predicted octanol–water partition coefficient (Wildman–Crippen LogP) is 5.86. The molecule has 1 unspecified atom stereocenters. The summed E-state index contributed by atoms with van der Waals surface area (Å²) >= 11 is 0. The molecule has 1 heterocycles. The van der Waals surface area contributed by atoms with Crippen molar-refractivity contribution >= 4 is 23.2 Å². The molecule has 0 spiro atoms. The van der Waals surface area contributed by atoms with Crippen molar-refractivity contribution in [3.8, 4) is 0 Å². The van der Waals surface area contributed by atoms with Gasteiger partial charge in [-0.05, 0) is 68.5 Å². The standard InChI is InChI=1S/C29H34O2P/c1(13-23-30-29-22-12-14-24-31-29)2-15-25-32(26-16-6-3-7-17-26,27-18-8-4-9-19-27)28-20-10-5-11-21-28/h2-11,15-21,29H,1,12-14,22-25H2/q+1. The molecule has 3 aromatic rings. The molecule has 4 rings (SSSR count). The summed E-state index contributed by atoms with van der Waals surface area (Å²) in [5, 5.41) is 4.29. The van der Waals surface area contributed by atoms with Crippen molar-refractivity contribution in [3.05, 3.63) is 103 Å². The first kappa shape index (κ1) is 22.9. The van der Waals surface area contributed by atoms with Gasteiger partial charge in [-0.15, -0.1) is 0 Å². The largest absolute Gasteiger partial charge is 0.353 e. The van der Waals surface area contributed by atoms with Gasteiger partial charge >= 0.3 is 0 Å². The van der Waals surface area contributed by atoms with Crippen LogP contribution in [0.25, 0.3) is 0 Å². The number of hydrogen-bond acceptors (Lipinski definition) is 2. The van der Waals surface area contributed by atoms with E-state index in [1.54, 1.807) is 0 Å². The second kappa shape index (κ2) is 12.1. The van der Waals surface area contributed by atoms with E-state index in [1.165, 1.54) is 22.3 Å². The monoisotopic (exact) mass is 445 g/mol. The van der Waals surface area contributed by atoms with Crippen LogP contribution < -0.4 is 15.9 Å². The molecule has 0 amide bonds. The zero-order chi connectivity index (χ0) is 21.9. The minimum absolute atomic E-state index is 0.0144. The highest BCUT2D eigenvalue weighted by atomic mass is 31.2. The van der Waals surface area contributed by atoms with E-state index in [-0.39, 0.29) is 6.29 Å². The third kappa shape index (κ3) is 5.75. The fraction of sp³-hybridized carbons (Fsp3) is 0.310. The first-order chi connectivity index (χ1) is 15.9. The van der Waals surface area contributed by atoms with Crippen LogP contribution in [0, 0.1) is 0 Å². The molecule has 3 heteroatoms. The lowest BCUT2D eigenvalue weighted by Gasteiger charge is -2.26. The molecule has 3 aromatic carbocycles. The molecular formula is C29H34O2P+. The van der Waals surface area contributed by atoms with Gasteiger partial charge in [0.1, 0.15) is 23.2 Å². The molecule has 0 radical (unpaired) electrons. The Balaban J connectivity index is 1.50. The quantitative estimate of drug-likeness (QED) is 0.221. The first-order valence-corrected chi connectivity index (χ1v) is 13.8. The lowest BCUT2D eigenvalue weighted by Crippen LogP contribution is -2.32. The summed E-state index contributed by atoms with van der Waals surface area (Å²) in [6.07, 6.45) is 11.3. The van der Waals surface area contributed by atoms with E-state index in [1.807, 2.05) is 0 Å². The molecule has 1 fully saturated rings. The Kier molecular flexibility index (Phi) is 8.68. The van der Waals surface area contributed by atoms with Crippen molar-refractivity contribution in [1.82, 2.24) is 0 Å². The van der Waals surface area contributed by atoms with Gasteiger partial charge in [-0.25, -0.2) is 0 Å². The van der Waals surface area contributed by atoms with Gasteiger partial charge in [0.05, 0.1) is 12.8 Å². The number of allylic oxidation sites excluding steroid dienone is 2. The second-order valence-corrected chi connectivity index (χ2v) is 11.8. The van der Waals surface area contributed by atoms with Crippen LogP contribution in [0.3, 0.4) is 0 Å². The van der Waals surface area contributed by atoms with Crippen molar-refractivity contribution in [2.24, 2.45) is 0 Å². The maximum Gasteiger partial charge on any atom is 0.157 e. The number of rotatable bonds is 10. The molecule has 166 valence electrons. The molecule has 1 aliphatic rings. The third-order valence-electron chi connectivity index (χ3n) is 6.09. The number of unbranched alkanes of at least 4 members (excludes halogenated alkanes) is 1. The Morgan fingerprint density at radius 2 is 1.31 bits per heavy atom. The molecular weight excluding hydrogens is 411 g/mol. The molecule has 0 saturated carbocycles. The normalized spacial score (nSPS) is 16.9. The van der Waals surface area contributed by atoms with E-state index in [0.29, 0.717) is 0 Å². The molecule has 1 saturated heterocycles. The van der Waals surface area contributed by atoms with E-state index in [0.717, 1.165) is 45.1 Å². The summed E-state index contributed by atoms with van der Waals surface area (Å²) in [6.45, 7) is 1.61. The van der Waals surface area contributed by atoms with Gasteiger partial charge in [-0.2, -0.15) is 0 Å².